The van der Waals surface area contributed by atoms with Crippen molar-refractivity contribution >= 4 is 44.4 Å². The molecule has 8 nitrogen and oxygen atoms in total. The molecule has 13 aromatic rings. The van der Waals surface area contributed by atoms with Gasteiger partial charge in [0, 0.05) is 66.8 Å². The number of nitrogens with zero attached hydrogens (tertiary/aromatic N) is 8. The molecule has 0 bridgehead atoms. The topological polar surface area (TPSA) is 85.1 Å². The van der Waals surface area contributed by atoms with Crippen molar-refractivity contribution in [3.63, 3.8) is 0 Å². The molecule has 2 spiro atoms. The fraction of sp³-hybridized carbons (Fsp3) is 0.0270. The molecule has 2 aromatic heterocycles. The molecule has 0 atom stereocenters. The second-order valence-electron chi connectivity index (χ2n) is 21.3. The molecule has 8 heteroatoms. The smallest absolute Gasteiger partial charge is 0.262 e. The van der Waals surface area contributed by atoms with Gasteiger partial charge in [0.15, 0.2) is 0 Å². The summed E-state index contributed by atoms with van der Waals surface area (Å²) in [6.07, 6.45) is 0. The van der Waals surface area contributed by atoms with Crippen molar-refractivity contribution in [2.24, 2.45) is 20.0 Å². The van der Waals surface area contributed by atoms with E-state index in [-0.39, 0.29) is 0 Å². The van der Waals surface area contributed by atoms with E-state index in [1.807, 2.05) is 24.3 Å². The van der Waals surface area contributed by atoms with Gasteiger partial charge in [-0.05, 0) is 45.8 Å². The van der Waals surface area contributed by atoms with E-state index in [0.717, 1.165) is 146 Å². The number of aliphatic imine (C=N–C) groups is 4. The van der Waals surface area contributed by atoms with Gasteiger partial charge in [0.1, 0.15) is 11.6 Å². The summed E-state index contributed by atoms with van der Waals surface area (Å²) in [5, 5.41) is 4.48. The highest BCUT2D eigenvalue weighted by molar-refractivity contribution is 6.55. The molecule has 0 unspecified atom stereocenters. The normalized spacial score (nSPS) is 14.8. The van der Waals surface area contributed by atoms with Crippen LogP contribution in [0, 0.1) is 0 Å². The second-order valence-corrected chi connectivity index (χ2v) is 21.3. The predicted molar refractivity (Wildman–Crippen MR) is 332 cm³/mol. The first-order valence-corrected chi connectivity index (χ1v) is 27.8. The Morgan fingerprint density at radius 2 is 0.500 bits per heavy atom. The summed E-state index contributed by atoms with van der Waals surface area (Å²) in [6.45, 7) is 0. The summed E-state index contributed by atoms with van der Waals surface area (Å²) in [7, 11) is 0. The number of aromatic nitrogens is 4. The van der Waals surface area contributed by atoms with Crippen molar-refractivity contribution < 1.29 is 0 Å². The summed E-state index contributed by atoms with van der Waals surface area (Å²) in [5.74, 6) is -0.814. The quantitative estimate of drug-likeness (QED) is 0.152. The molecule has 82 heavy (non-hydrogen) atoms. The lowest BCUT2D eigenvalue weighted by Gasteiger charge is -2.25. The van der Waals surface area contributed by atoms with E-state index in [9.17, 15) is 0 Å². The molecule has 0 saturated heterocycles. The van der Waals surface area contributed by atoms with Crippen LogP contribution >= 0.6 is 0 Å². The Balaban J connectivity index is 0.893. The molecule has 0 N–H and O–H groups in total. The maximum absolute atomic E-state index is 5.86. The van der Waals surface area contributed by atoms with E-state index in [0.29, 0.717) is 0 Å². The third-order valence-corrected chi connectivity index (χ3v) is 16.6. The van der Waals surface area contributed by atoms with E-state index in [4.69, 9.17) is 29.9 Å². The molecule has 0 aliphatic carbocycles. The highest BCUT2D eigenvalue weighted by Gasteiger charge is 2.53. The van der Waals surface area contributed by atoms with Crippen LogP contribution in [0.25, 0.3) is 89.4 Å². The Hall–Kier alpha value is -11.0. The molecule has 382 valence electrons. The van der Waals surface area contributed by atoms with E-state index >= 15 is 0 Å². The highest BCUT2D eigenvalue weighted by atomic mass is 15.4. The zero-order valence-corrected chi connectivity index (χ0v) is 44.1. The number of fused-ring (bicyclic) bond motifs is 12. The first kappa shape index (κ1) is 46.0. The number of imidazole rings is 2. The van der Waals surface area contributed by atoms with Crippen molar-refractivity contribution in [2.75, 3.05) is 0 Å². The average molecular weight is 1050 g/mol. The van der Waals surface area contributed by atoms with Gasteiger partial charge in [-0.15, -0.1) is 0 Å². The van der Waals surface area contributed by atoms with Crippen molar-refractivity contribution in [3.05, 3.63) is 312 Å². The summed E-state index contributed by atoms with van der Waals surface area (Å²) < 4.78 is 4.61. The van der Waals surface area contributed by atoms with Gasteiger partial charge in [0.25, 0.3) is 11.6 Å². The standard InChI is InChI=1S/C74H46N8/c1-7-23-47(24-8-1)63-64(48-25-9-2-10-26-48)78-73(77-63)61-45-57-37-21-19-35-55(57)43-59(61)71-75-67(69(81(71)73)53-31-15-5-16-32-53)51-39-41-52(42-40-51)68-70(54-33-17-6-18-34-54)82-72(76-68)60-44-56-36-20-22-38-58(56)46-62(60)74(82)79-65(49-27-11-3-12-28-49)66(80-74)50-29-13-4-14-30-50/h1-46H. The maximum Gasteiger partial charge on any atom is 0.262 e. The van der Waals surface area contributed by atoms with Crippen molar-refractivity contribution in [2.45, 2.75) is 11.6 Å². The Kier molecular flexibility index (Phi) is 9.97. The second kappa shape index (κ2) is 17.8. The van der Waals surface area contributed by atoms with Gasteiger partial charge in [-0.1, -0.05) is 255 Å². The van der Waals surface area contributed by atoms with Crippen LogP contribution in [-0.2, 0) is 11.6 Å². The molecule has 0 saturated carbocycles. The summed E-state index contributed by atoms with van der Waals surface area (Å²) in [5.41, 5.74) is 18.7. The molecule has 0 radical (unpaired) electrons. The van der Waals surface area contributed by atoms with Crippen LogP contribution in [0.5, 0.6) is 0 Å². The van der Waals surface area contributed by atoms with Gasteiger partial charge in [0.2, 0.25) is 0 Å². The minimum absolute atomic E-state index is 0.809. The van der Waals surface area contributed by atoms with E-state index in [1.54, 1.807) is 0 Å². The Bertz CT molecular complexity index is 4440. The molecule has 0 fully saturated rings. The minimum atomic E-state index is -1.22. The van der Waals surface area contributed by atoms with Gasteiger partial charge in [-0.25, -0.2) is 29.9 Å². The van der Waals surface area contributed by atoms with E-state index in [1.165, 1.54) is 0 Å². The summed E-state index contributed by atoms with van der Waals surface area (Å²) >= 11 is 0. The van der Waals surface area contributed by atoms with Gasteiger partial charge in [-0.3, -0.25) is 9.13 Å². The van der Waals surface area contributed by atoms with Crippen LogP contribution < -0.4 is 0 Å². The zero-order valence-electron chi connectivity index (χ0n) is 44.1. The molecule has 4 aliphatic rings. The SMILES string of the molecule is c1ccc(C2=NC3(N=C2c2ccccc2)c2cc4ccccc4cc2-c2nc(-c4ccc(-c5nc6n(c5-c5ccccc5)C5(N=C(c7ccccc7)C(c7ccccc7)=N5)c5cc7ccccc7cc5-6)cc4)c(-c4ccccc4)n23)cc1. The summed E-state index contributed by atoms with van der Waals surface area (Å²) in [6, 6.07) is 97.9. The van der Waals surface area contributed by atoms with Crippen LogP contribution in [-0.4, -0.2) is 41.9 Å². The number of hydrogen-bond donors (Lipinski definition) is 0. The van der Waals surface area contributed by atoms with E-state index in [2.05, 4.69) is 264 Å². The summed E-state index contributed by atoms with van der Waals surface area (Å²) in [4.78, 5) is 34.9. The molecule has 17 rings (SSSR count). The van der Waals surface area contributed by atoms with Gasteiger partial charge in [0.05, 0.1) is 45.6 Å². The Morgan fingerprint density at radius 3 is 0.793 bits per heavy atom. The number of rotatable bonds is 8. The van der Waals surface area contributed by atoms with Crippen LogP contribution in [0.1, 0.15) is 33.4 Å². The van der Waals surface area contributed by atoms with Gasteiger partial charge < -0.3 is 0 Å². The van der Waals surface area contributed by atoms with Crippen LogP contribution in [0.15, 0.2) is 299 Å². The van der Waals surface area contributed by atoms with Gasteiger partial charge >= 0.3 is 0 Å². The Morgan fingerprint density at radius 1 is 0.244 bits per heavy atom. The fourth-order valence-electron chi connectivity index (χ4n) is 12.9. The lowest BCUT2D eigenvalue weighted by Crippen LogP contribution is -2.27. The molecular formula is C74H46N8. The maximum atomic E-state index is 5.86. The molecular weight excluding hydrogens is 1000 g/mol. The predicted octanol–water partition coefficient (Wildman–Crippen LogP) is 16.3. The van der Waals surface area contributed by atoms with Crippen LogP contribution in [0.2, 0.25) is 0 Å². The lowest BCUT2D eigenvalue weighted by atomic mass is 9.97. The third-order valence-electron chi connectivity index (χ3n) is 16.6. The molecule has 0 amide bonds. The molecule has 4 aliphatic heterocycles. The van der Waals surface area contributed by atoms with Crippen molar-refractivity contribution in [1.82, 2.24) is 19.1 Å². The van der Waals surface area contributed by atoms with Crippen molar-refractivity contribution in [3.8, 4) is 67.8 Å². The zero-order chi connectivity index (χ0) is 53.9. The van der Waals surface area contributed by atoms with Crippen molar-refractivity contribution in [1.29, 1.82) is 0 Å². The monoisotopic (exact) mass is 1050 g/mol. The van der Waals surface area contributed by atoms with E-state index < -0.39 is 11.6 Å². The third kappa shape index (κ3) is 6.78. The average Bonchev–Trinajstić information content (AvgIpc) is 4.37. The Labute approximate surface area is 472 Å². The first-order chi connectivity index (χ1) is 40.6. The number of benzene rings is 11. The highest BCUT2D eigenvalue weighted by Crippen LogP contribution is 2.56. The first-order valence-electron chi connectivity index (χ1n) is 27.8. The minimum Gasteiger partial charge on any atom is -0.275 e. The molecule has 11 aromatic carbocycles. The largest absolute Gasteiger partial charge is 0.275 e. The van der Waals surface area contributed by atoms with Crippen LogP contribution in [0.3, 0.4) is 0 Å². The lowest BCUT2D eigenvalue weighted by molar-refractivity contribution is 0.427. The molecule has 6 heterocycles. The van der Waals surface area contributed by atoms with Crippen LogP contribution in [0.4, 0.5) is 0 Å². The number of hydrogen-bond acceptors (Lipinski definition) is 6. The fourth-order valence-corrected chi connectivity index (χ4v) is 12.9. The van der Waals surface area contributed by atoms with Gasteiger partial charge in [-0.2, -0.15) is 0 Å².